The Morgan fingerprint density at radius 1 is 1.16 bits per heavy atom. The van der Waals surface area contributed by atoms with Gasteiger partial charge in [-0.1, -0.05) is 15.9 Å². The minimum absolute atomic E-state index is 0.0710. The number of carbonyl (C=O) groups excluding carboxylic acids is 1. The van der Waals surface area contributed by atoms with Crippen LogP contribution in [0.25, 0.3) is 10.9 Å². The zero-order chi connectivity index (χ0) is 22.8. The highest BCUT2D eigenvalue weighted by molar-refractivity contribution is 9.10. The zero-order valence-electron chi connectivity index (χ0n) is 16.8. The van der Waals surface area contributed by atoms with Gasteiger partial charge in [-0.2, -0.15) is 0 Å². The number of ether oxygens (including phenoxy) is 2. The van der Waals surface area contributed by atoms with Crippen LogP contribution in [0, 0.1) is 0 Å². The van der Waals surface area contributed by atoms with Crippen molar-refractivity contribution in [1.29, 1.82) is 0 Å². The number of aromatic hydroxyl groups is 1. The first kappa shape index (κ1) is 22.6. The van der Waals surface area contributed by atoms with Gasteiger partial charge < -0.3 is 19.6 Å². The molecule has 1 heterocycles. The summed E-state index contributed by atoms with van der Waals surface area (Å²) >= 11 is 3.33. The van der Waals surface area contributed by atoms with Gasteiger partial charge in [0.05, 0.1) is 31.7 Å². The van der Waals surface area contributed by atoms with Gasteiger partial charge in [0.25, 0.3) is 5.91 Å². The third-order valence-corrected chi connectivity index (χ3v) is 5.94. The molecule has 0 aliphatic rings. The lowest BCUT2D eigenvalue weighted by Gasteiger charge is -2.21. The molecule has 0 saturated carbocycles. The van der Waals surface area contributed by atoms with Crippen molar-refractivity contribution in [2.24, 2.45) is 10.2 Å². The summed E-state index contributed by atoms with van der Waals surface area (Å²) in [5.41, 5.74) is 0.870. The van der Waals surface area contributed by atoms with E-state index in [1.165, 1.54) is 32.4 Å². The molecule has 1 amide bonds. The second kappa shape index (κ2) is 8.94. The van der Waals surface area contributed by atoms with Crippen LogP contribution in [0.5, 0.6) is 17.4 Å². The molecule has 2 aromatic carbocycles. The quantitative estimate of drug-likeness (QED) is 0.465. The number of sulfonamides is 1. The molecule has 12 heteroatoms. The Morgan fingerprint density at radius 2 is 1.87 bits per heavy atom. The second-order valence-electron chi connectivity index (χ2n) is 6.41. The van der Waals surface area contributed by atoms with Crippen molar-refractivity contribution in [1.82, 2.24) is 4.98 Å². The number of benzene rings is 2. The molecule has 3 rings (SSSR count). The van der Waals surface area contributed by atoms with E-state index in [4.69, 9.17) is 9.47 Å². The number of hydrogen-bond donors (Lipinski definition) is 2. The van der Waals surface area contributed by atoms with E-state index in [-0.39, 0.29) is 17.3 Å². The molecule has 0 unspecified atom stereocenters. The summed E-state index contributed by atoms with van der Waals surface area (Å²) in [6.45, 7) is -0.593. The van der Waals surface area contributed by atoms with Crippen LogP contribution in [0.3, 0.4) is 0 Å². The number of azo groups is 1. The number of rotatable bonds is 7. The van der Waals surface area contributed by atoms with Gasteiger partial charge in [0, 0.05) is 15.9 Å². The number of aromatic amines is 1. The first-order valence-corrected chi connectivity index (χ1v) is 11.4. The molecule has 0 fully saturated rings. The maximum absolute atomic E-state index is 12.4. The predicted octanol–water partition coefficient (Wildman–Crippen LogP) is 3.73. The molecule has 0 atom stereocenters. The Hall–Kier alpha value is -3.12. The first-order chi connectivity index (χ1) is 14.6. The molecule has 0 aliphatic heterocycles. The van der Waals surface area contributed by atoms with Crippen LogP contribution in [0.1, 0.15) is 0 Å². The summed E-state index contributed by atoms with van der Waals surface area (Å²) in [5.74, 6) is -0.378. The van der Waals surface area contributed by atoms with Gasteiger partial charge in [0.2, 0.25) is 15.9 Å². The average molecular weight is 511 g/mol. The van der Waals surface area contributed by atoms with Crippen molar-refractivity contribution >= 4 is 54.1 Å². The van der Waals surface area contributed by atoms with Crippen molar-refractivity contribution < 1.29 is 27.8 Å². The standard InChI is InChI=1S/C19H19BrN4O6S/c1-29-15-7-5-12(9-16(15)30-2)24(31(3,27)28)10-17(25)22-23-18-13-8-11(20)4-6-14(13)21-19(18)26/h4-9,21,26H,10H2,1-3H3. The third-order valence-electron chi connectivity index (χ3n) is 4.31. The van der Waals surface area contributed by atoms with Crippen molar-refractivity contribution in [2.75, 3.05) is 31.3 Å². The molecular weight excluding hydrogens is 492 g/mol. The predicted molar refractivity (Wildman–Crippen MR) is 119 cm³/mol. The summed E-state index contributed by atoms with van der Waals surface area (Å²) in [4.78, 5) is 15.2. The molecule has 0 aliphatic carbocycles. The van der Waals surface area contributed by atoms with E-state index >= 15 is 0 Å². The van der Waals surface area contributed by atoms with Gasteiger partial charge in [-0.15, -0.1) is 10.2 Å². The van der Waals surface area contributed by atoms with Crippen molar-refractivity contribution in [3.8, 4) is 17.4 Å². The summed E-state index contributed by atoms with van der Waals surface area (Å²) in [6, 6.07) is 9.65. The fourth-order valence-electron chi connectivity index (χ4n) is 2.88. The van der Waals surface area contributed by atoms with Crippen LogP contribution in [0.4, 0.5) is 11.4 Å². The summed E-state index contributed by atoms with van der Waals surface area (Å²) < 4.78 is 36.6. The van der Waals surface area contributed by atoms with Gasteiger partial charge in [0.1, 0.15) is 6.54 Å². The number of nitrogens with one attached hydrogen (secondary N) is 1. The molecule has 0 spiro atoms. The highest BCUT2D eigenvalue weighted by atomic mass is 79.9. The molecule has 0 bridgehead atoms. The highest BCUT2D eigenvalue weighted by Crippen LogP contribution is 2.37. The van der Waals surface area contributed by atoms with E-state index in [0.29, 0.717) is 22.4 Å². The van der Waals surface area contributed by atoms with Crippen molar-refractivity contribution in [3.63, 3.8) is 0 Å². The normalized spacial score (nSPS) is 11.7. The fourth-order valence-corrected chi connectivity index (χ4v) is 4.08. The number of nitrogens with zero attached hydrogens (tertiary/aromatic N) is 3. The molecular formula is C19H19BrN4O6S. The topological polar surface area (TPSA) is 134 Å². The summed E-state index contributed by atoms with van der Waals surface area (Å²) in [5, 5.41) is 18.0. The van der Waals surface area contributed by atoms with Crippen molar-refractivity contribution in [2.45, 2.75) is 0 Å². The van der Waals surface area contributed by atoms with E-state index in [1.807, 2.05) is 0 Å². The lowest BCUT2D eigenvalue weighted by Crippen LogP contribution is -2.34. The van der Waals surface area contributed by atoms with Crippen LogP contribution >= 0.6 is 15.9 Å². The smallest absolute Gasteiger partial charge is 0.285 e. The molecule has 2 N–H and O–H groups in total. The number of anilines is 1. The molecule has 0 saturated heterocycles. The largest absolute Gasteiger partial charge is 0.493 e. The number of aromatic nitrogens is 1. The fraction of sp³-hybridized carbons (Fsp3) is 0.211. The Morgan fingerprint density at radius 3 is 2.52 bits per heavy atom. The molecule has 1 aromatic heterocycles. The first-order valence-electron chi connectivity index (χ1n) is 8.78. The molecule has 0 radical (unpaired) electrons. The third kappa shape index (κ3) is 4.97. The zero-order valence-corrected chi connectivity index (χ0v) is 19.2. The van der Waals surface area contributed by atoms with Crippen LogP contribution in [-0.2, 0) is 14.8 Å². The lowest BCUT2D eigenvalue weighted by atomic mass is 10.2. The van der Waals surface area contributed by atoms with Crippen LogP contribution < -0.4 is 13.8 Å². The Bertz CT molecular complexity index is 1270. The van der Waals surface area contributed by atoms with Crippen molar-refractivity contribution in [3.05, 3.63) is 40.9 Å². The van der Waals surface area contributed by atoms with E-state index in [9.17, 15) is 18.3 Å². The average Bonchev–Trinajstić information content (AvgIpc) is 3.03. The van der Waals surface area contributed by atoms with E-state index < -0.39 is 22.5 Å². The number of carbonyl (C=O) groups is 1. The monoisotopic (exact) mass is 510 g/mol. The second-order valence-corrected chi connectivity index (χ2v) is 9.24. The lowest BCUT2D eigenvalue weighted by molar-refractivity contribution is -0.116. The molecule has 31 heavy (non-hydrogen) atoms. The number of hydrogen-bond acceptors (Lipinski definition) is 7. The van der Waals surface area contributed by atoms with E-state index in [1.54, 1.807) is 18.2 Å². The molecule has 3 aromatic rings. The maximum Gasteiger partial charge on any atom is 0.285 e. The van der Waals surface area contributed by atoms with Gasteiger partial charge in [-0.25, -0.2) is 8.42 Å². The minimum atomic E-state index is -3.83. The SMILES string of the molecule is COc1ccc(N(CC(=O)N=Nc2c(O)[nH]c3ccc(Br)cc23)S(C)(=O)=O)cc1OC. The highest BCUT2D eigenvalue weighted by Gasteiger charge is 2.22. The van der Waals surface area contributed by atoms with Gasteiger partial charge in [0.15, 0.2) is 17.2 Å². The number of H-pyrrole nitrogens is 1. The Balaban J connectivity index is 1.89. The van der Waals surface area contributed by atoms with Gasteiger partial charge in [-0.05, 0) is 30.3 Å². The molecule has 10 nitrogen and oxygen atoms in total. The summed E-state index contributed by atoms with van der Waals surface area (Å²) in [6.07, 6.45) is 0.969. The minimum Gasteiger partial charge on any atom is -0.493 e. The Kier molecular flexibility index (Phi) is 6.51. The number of halogens is 1. The molecule has 164 valence electrons. The summed E-state index contributed by atoms with van der Waals surface area (Å²) in [7, 11) is -0.958. The number of amides is 1. The number of fused-ring (bicyclic) bond motifs is 1. The maximum atomic E-state index is 12.4. The van der Waals surface area contributed by atoms with Crippen LogP contribution in [-0.4, -0.2) is 51.4 Å². The van der Waals surface area contributed by atoms with Crippen LogP contribution in [0.2, 0.25) is 0 Å². The van der Waals surface area contributed by atoms with E-state index in [0.717, 1.165) is 15.0 Å². The Labute approximate surface area is 186 Å². The van der Waals surface area contributed by atoms with Crippen LogP contribution in [0.15, 0.2) is 51.1 Å². The van der Waals surface area contributed by atoms with E-state index in [2.05, 4.69) is 31.1 Å². The van der Waals surface area contributed by atoms with Gasteiger partial charge >= 0.3 is 0 Å². The van der Waals surface area contributed by atoms with Gasteiger partial charge in [-0.3, -0.25) is 9.10 Å². The number of methoxy groups -OCH3 is 2.